The van der Waals surface area contributed by atoms with Crippen LogP contribution in [0.3, 0.4) is 0 Å². The summed E-state index contributed by atoms with van der Waals surface area (Å²) in [6.45, 7) is 1.89. The summed E-state index contributed by atoms with van der Waals surface area (Å²) >= 11 is 0. The second-order valence-corrected chi connectivity index (χ2v) is 7.20. The molecule has 0 unspecified atom stereocenters. The molecule has 2 amide bonds. The van der Waals surface area contributed by atoms with E-state index in [9.17, 15) is 14.0 Å². The topological polar surface area (TPSA) is 80.1 Å². The van der Waals surface area contributed by atoms with Crippen molar-refractivity contribution in [1.82, 2.24) is 25.2 Å². The van der Waals surface area contributed by atoms with Gasteiger partial charge in [0.05, 0.1) is 24.5 Å². The minimum absolute atomic E-state index is 0.0596. The zero-order valence-electron chi connectivity index (χ0n) is 16.4. The number of halogens is 1. The molecule has 1 aliphatic rings. The standard InChI is InChI=1S/C22H22FN5O2/c23-18-8-6-17(7-9-18)22(30)27-12-13-28-20(15-27)19(25-26-28)10-11-21(29)24-14-16-4-2-1-3-5-16/h1-9H,10-15H2,(H,24,29). The third-order valence-corrected chi connectivity index (χ3v) is 5.14. The summed E-state index contributed by atoms with van der Waals surface area (Å²) in [5.74, 6) is -0.593. The predicted octanol–water partition coefficient (Wildman–Crippen LogP) is 2.32. The highest BCUT2D eigenvalue weighted by Crippen LogP contribution is 2.18. The van der Waals surface area contributed by atoms with E-state index in [0.717, 1.165) is 17.0 Å². The van der Waals surface area contributed by atoms with Crippen molar-refractivity contribution in [2.75, 3.05) is 6.54 Å². The van der Waals surface area contributed by atoms with Crippen LogP contribution in [0.1, 0.15) is 33.7 Å². The summed E-state index contributed by atoms with van der Waals surface area (Å²) in [5.41, 5.74) is 3.05. The van der Waals surface area contributed by atoms with Crippen LogP contribution >= 0.6 is 0 Å². The van der Waals surface area contributed by atoms with Gasteiger partial charge in [0.25, 0.3) is 5.91 Å². The lowest BCUT2D eigenvalue weighted by Gasteiger charge is -2.27. The maximum atomic E-state index is 13.1. The molecule has 0 aliphatic carbocycles. The van der Waals surface area contributed by atoms with Gasteiger partial charge in [-0.25, -0.2) is 9.07 Å². The SMILES string of the molecule is O=C(CCc1nnn2c1CN(C(=O)c1ccc(F)cc1)CC2)NCc1ccccc1. The molecule has 0 atom stereocenters. The molecule has 1 N–H and O–H groups in total. The molecule has 2 aromatic carbocycles. The van der Waals surface area contributed by atoms with Crippen molar-refractivity contribution in [3.8, 4) is 0 Å². The van der Waals surface area contributed by atoms with Crippen LogP contribution in [0.25, 0.3) is 0 Å². The van der Waals surface area contributed by atoms with Gasteiger partial charge in [-0.15, -0.1) is 5.10 Å². The number of nitrogens with one attached hydrogen (secondary N) is 1. The van der Waals surface area contributed by atoms with Gasteiger partial charge in [-0.1, -0.05) is 35.5 Å². The molecule has 4 rings (SSSR count). The van der Waals surface area contributed by atoms with Crippen molar-refractivity contribution in [2.24, 2.45) is 0 Å². The minimum atomic E-state index is -0.375. The molecule has 7 nitrogen and oxygen atoms in total. The van der Waals surface area contributed by atoms with Gasteiger partial charge in [-0.2, -0.15) is 0 Å². The van der Waals surface area contributed by atoms with Crippen LogP contribution in [0, 0.1) is 5.82 Å². The fourth-order valence-corrected chi connectivity index (χ4v) is 3.46. The zero-order chi connectivity index (χ0) is 20.9. The van der Waals surface area contributed by atoms with Crippen LogP contribution in [-0.2, 0) is 30.8 Å². The number of benzene rings is 2. The van der Waals surface area contributed by atoms with Gasteiger partial charge in [0, 0.05) is 31.5 Å². The summed E-state index contributed by atoms with van der Waals surface area (Å²) in [4.78, 5) is 26.6. The minimum Gasteiger partial charge on any atom is -0.352 e. The molecule has 0 saturated carbocycles. The summed E-state index contributed by atoms with van der Waals surface area (Å²) < 4.78 is 14.9. The first-order chi connectivity index (χ1) is 14.6. The van der Waals surface area contributed by atoms with E-state index in [1.807, 2.05) is 30.3 Å². The first-order valence-corrected chi connectivity index (χ1v) is 9.87. The fraction of sp³-hybridized carbons (Fsp3) is 0.273. The molecule has 8 heteroatoms. The molecule has 0 radical (unpaired) electrons. The molecule has 0 fully saturated rings. The van der Waals surface area contributed by atoms with Gasteiger partial charge in [0.2, 0.25) is 5.91 Å². The molecule has 0 bridgehead atoms. The number of amides is 2. The van der Waals surface area contributed by atoms with Crippen LogP contribution in [-0.4, -0.2) is 38.3 Å². The average Bonchev–Trinajstić information content (AvgIpc) is 3.19. The largest absolute Gasteiger partial charge is 0.352 e. The molecule has 3 aromatic rings. The van der Waals surface area contributed by atoms with E-state index in [0.29, 0.717) is 44.6 Å². The average molecular weight is 407 g/mol. The van der Waals surface area contributed by atoms with E-state index in [2.05, 4.69) is 15.6 Å². The number of aromatic nitrogens is 3. The molecular formula is C22H22FN5O2. The summed E-state index contributed by atoms with van der Waals surface area (Å²) in [7, 11) is 0. The highest BCUT2D eigenvalue weighted by molar-refractivity contribution is 5.94. The molecule has 30 heavy (non-hydrogen) atoms. The molecular weight excluding hydrogens is 385 g/mol. The van der Waals surface area contributed by atoms with Crippen LogP contribution in [0.15, 0.2) is 54.6 Å². The molecule has 1 aromatic heterocycles. The summed E-state index contributed by atoms with van der Waals surface area (Å²) in [5, 5.41) is 11.3. The Morgan fingerprint density at radius 2 is 1.80 bits per heavy atom. The van der Waals surface area contributed by atoms with Crippen LogP contribution < -0.4 is 5.32 Å². The van der Waals surface area contributed by atoms with E-state index < -0.39 is 0 Å². The number of rotatable bonds is 6. The number of aryl methyl sites for hydroxylation is 1. The quantitative estimate of drug-likeness (QED) is 0.680. The molecule has 0 spiro atoms. The monoisotopic (exact) mass is 407 g/mol. The summed E-state index contributed by atoms with van der Waals surface area (Å²) in [6.07, 6.45) is 0.749. The lowest BCUT2D eigenvalue weighted by Crippen LogP contribution is -2.38. The number of carbonyl (C=O) groups excluding carboxylic acids is 2. The zero-order valence-corrected chi connectivity index (χ0v) is 16.4. The lowest BCUT2D eigenvalue weighted by molar-refractivity contribution is -0.121. The lowest BCUT2D eigenvalue weighted by atomic mass is 10.1. The second-order valence-electron chi connectivity index (χ2n) is 7.20. The highest BCUT2D eigenvalue weighted by atomic mass is 19.1. The number of hydrogen-bond donors (Lipinski definition) is 1. The van der Waals surface area contributed by atoms with E-state index in [-0.39, 0.29) is 17.6 Å². The van der Waals surface area contributed by atoms with Crippen molar-refractivity contribution < 1.29 is 14.0 Å². The molecule has 2 heterocycles. The van der Waals surface area contributed by atoms with E-state index >= 15 is 0 Å². The first-order valence-electron chi connectivity index (χ1n) is 9.87. The first kappa shape index (κ1) is 19.8. The Hall–Kier alpha value is -3.55. The van der Waals surface area contributed by atoms with E-state index in [1.54, 1.807) is 9.58 Å². The number of fused-ring (bicyclic) bond motifs is 1. The normalized spacial score (nSPS) is 13.0. The van der Waals surface area contributed by atoms with Crippen molar-refractivity contribution >= 4 is 11.8 Å². The van der Waals surface area contributed by atoms with Crippen LogP contribution in [0.5, 0.6) is 0 Å². The maximum absolute atomic E-state index is 13.1. The Bertz CT molecular complexity index is 1030. The van der Waals surface area contributed by atoms with Crippen molar-refractivity contribution in [3.05, 3.63) is 82.9 Å². The number of hydrogen-bond acceptors (Lipinski definition) is 4. The van der Waals surface area contributed by atoms with Gasteiger partial charge in [-0.3, -0.25) is 9.59 Å². The van der Waals surface area contributed by atoms with Gasteiger partial charge in [0.15, 0.2) is 0 Å². The Balaban J connectivity index is 1.35. The number of nitrogens with zero attached hydrogens (tertiary/aromatic N) is 4. The molecule has 0 saturated heterocycles. The smallest absolute Gasteiger partial charge is 0.254 e. The summed E-state index contributed by atoms with van der Waals surface area (Å²) in [6, 6.07) is 15.3. The number of carbonyl (C=O) groups is 2. The molecule has 1 aliphatic heterocycles. The van der Waals surface area contributed by atoms with Crippen molar-refractivity contribution in [1.29, 1.82) is 0 Å². The van der Waals surface area contributed by atoms with E-state index in [4.69, 9.17) is 0 Å². The maximum Gasteiger partial charge on any atom is 0.254 e. The Morgan fingerprint density at radius 3 is 2.57 bits per heavy atom. The highest BCUT2D eigenvalue weighted by Gasteiger charge is 2.25. The van der Waals surface area contributed by atoms with Crippen LogP contribution in [0.4, 0.5) is 4.39 Å². The second kappa shape index (κ2) is 8.86. The van der Waals surface area contributed by atoms with Gasteiger partial charge in [-0.05, 0) is 29.8 Å². The van der Waals surface area contributed by atoms with Gasteiger partial charge < -0.3 is 10.2 Å². The van der Waals surface area contributed by atoms with Crippen molar-refractivity contribution in [2.45, 2.75) is 32.5 Å². The molecule has 154 valence electrons. The Labute approximate surface area is 173 Å². The van der Waals surface area contributed by atoms with Gasteiger partial charge in [0.1, 0.15) is 5.82 Å². The van der Waals surface area contributed by atoms with Crippen molar-refractivity contribution in [3.63, 3.8) is 0 Å². The third-order valence-electron chi connectivity index (χ3n) is 5.14. The van der Waals surface area contributed by atoms with Gasteiger partial charge >= 0.3 is 0 Å². The fourth-order valence-electron chi connectivity index (χ4n) is 3.46. The van der Waals surface area contributed by atoms with Crippen LogP contribution in [0.2, 0.25) is 0 Å². The third kappa shape index (κ3) is 4.53. The predicted molar refractivity (Wildman–Crippen MR) is 108 cm³/mol. The van der Waals surface area contributed by atoms with E-state index in [1.165, 1.54) is 24.3 Å². The Kier molecular flexibility index (Phi) is 5.83. The Morgan fingerprint density at radius 1 is 1.03 bits per heavy atom.